The molecule has 1 aliphatic rings. The van der Waals surface area contributed by atoms with Crippen LogP contribution in [0.3, 0.4) is 0 Å². The summed E-state index contributed by atoms with van der Waals surface area (Å²) in [6, 6.07) is 9.43. The summed E-state index contributed by atoms with van der Waals surface area (Å²) in [4.78, 5) is 2.49. The van der Waals surface area contributed by atoms with Crippen molar-refractivity contribution in [2.24, 2.45) is 0 Å². The first-order valence-corrected chi connectivity index (χ1v) is 7.71. The molecule has 1 fully saturated rings. The second kappa shape index (κ2) is 7.21. The van der Waals surface area contributed by atoms with E-state index in [1.54, 1.807) is 0 Å². The maximum atomic E-state index is 5.61. The van der Waals surface area contributed by atoms with E-state index in [1.165, 1.54) is 11.1 Å². The fourth-order valence-electron chi connectivity index (χ4n) is 2.79. The number of benzene rings is 1. The molecule has 0 amide bonds. The average molecular weight is 276 g/mol. The summed E-state index contributed by atoms with van der Waals surface area (Å²) < 4.78 is 5.61. The molecule has 0 spiro atoms. The van der Waals surface area contributed by atoms with Gasteiger partial charge >= 0.3 is 0 Å². The van der Waals surface area contributed by atoms with Gasteiger partial charge in [-0.05, 0) is 31.0 Å². The van der Waals surface area contributed by atoms with E-state index in [2.05, 4.69) is 55.3 Å². The van der Waals surface area contributed by atoms with Crippen LogP contribution in [0, 0.1) is 0 Å². The van der Waals surface area contributed by atoms with E-state index in [4.69, 9.17) is 4.74 Å². The standard InChI is InChI=1S/C17H28N2O/c1-13(2)15-5-7-16(8-6-15)17(18-4)12-19-9-10-20-14(3)11-19/h5-8,13-14,17-18H,9-12H2,1-4H3. The van der Waals surface area contributed by atoms with Crippen molar-refractivity contribution in [1.29, 1.82) is 0 Å². The molecule has 1 aromatic carbocycles. The highest BCUT2D eigenvalue weighted by molar-refractivity contribution is 5.27. The van der Waals surface area contributed by atoms with Crippen molar-refractivity contribution in [3.63, 3.8) is 0 Å². The summed E-state index contributed by atoms with van der Waals surface area (Å²) in [6.07, 6.45) is 0.351. The third-order valence-corrected chi connectivity index (χ3v) is 4.12. The minimum absolute atomic E-state index is 0.351. The van der Waals surface area contributed by atoms with Crippen molar-refractivity contribution in [1.82, 2.24) is 10.2 Å². The van der Waals surface area contributed by atoms with E-state index in [1.807, 2.05) is 7.05 Å². The number of ether oxygens (including phenoxy) is 1. The van der Waals surface area contributed by atoms with Crippen molar-refractivity contribution in [3.05, 3.63) is 35.4 Å². The van der Waals surface area contributed by atoms with E-state index in [0.29, 0.717) is 18.1 Å². The number of likely N-dealkylation sites (N-methyl/N-ethyl adjacent to an activating group) is 1. The number of rotatable bonds is 5. The van der Waals surface area contributed by atoms with E-state index in [9.17, 15) is 0 Å². The molecule has 0 saturated carbocycles. The first-order chi connectivity index (χ1) is 9.60. The molecule has 1 N–H and O–H groups in total. The Morgan fingerprint density at radius 1 is 1.25 bits per heavy atom. The number of morpholine rings is 1. The molecule has 1 heterocycles. The summed E-state index contributed by atoms with van der Waals surface area (Å²) in [5.74, 6) is 0.595. The Balaban J connectivity index is 2.00. The quantitative estimate of drug-likeness (QED) is 0.895. The molecule has 3 heteroatoms. The SMILES string of the molecule is CNC(CN1CCOC(C)C1)c1ccc(C(C)C)cc1. The van der Waals surface area contributed by atoms with Gasteiger partial charge in [0.2, 0.25) is 0 Å². The van der Waals surface area contributed by atoms with Gasteiger partial charge in [-0.3, -0.25) is 4.90 Å². The highest BCUT2D eigenvalue weighted by Gasteiger charge is 2.20. The molecule has 2 unspecified atom stereocenters. The van der Waals surface area contributed by atoms with Crippen LogP contribution in [-0.4, -0.2) is 44.3 Å². The highest BCUT2D eigenvalue weighted by atomic mass is 16.5. The zero-order valence-electron chi connectivity index (χ0n) is 13.2. The van der Waals surface area contributed by atoms with Gasteiger partial charge < -0.3 is 10.1 Å². The maximum absolute atomic E-state index is 5.61. The first-order valence-electron chi connectivity index (χ1n) is 7.71. The van der Waals surface area contributed by atoms with Crippen LogP contribution in [0.15, 0.2) is 24.3 Å². The molecule has 1 aliphatic heterocycles. The summed E-state index contributed by atoms with van der Waals surface area (Å²) in [5, 5.41) is 3.45. The predicted octanol–water partition coefficient (Wildman–Crippen LogP) is 2.79. The topological polar surface area (TPSA) is 24.5 Å². The third-order valence-electron chi connectivity index (χ3n) is 4.12. The molecule has 112 valence electrons. The van der Waals surface area contributed by atoms with E-state index in [0.717, 1.165) is 26.2 Å². The van der Waals surface area contributed by atoms with Crippen LogP contribution < -0.4 is 5.32 Å². The molecule has 1 saturated heterocycles. The lowest BCUT2D eigenvalue weighted by Crippen LogP contribution is -2.44. The van der Waals surface area contributed by atoms with E-state index < -0.39 is 0 Å². The van der Waals surface area contributed by atoms with E-state index >= 15 is 0 Å². The van der Waals surface area contributed by atoms with Crippen molar-refractivity contribution in [2.45, 2.75) is 38.8 Å². The fourth-order valence-corrected chi connectivity index (χ4v) is 2.79. The zero-order chi connectivity index (χ0) is 14.5. The van der Waals surface area contributed by atoms with Gasteiger partial charge in [-0.2, -0.15) is 0 Å². The van der Waals surface area contributed by atoms with Crippen molar-refractivity contribution >= 4 is 0 Å². The Morgan fingerprint density at radius 3 is 2.45 bits per heavy atom. The van der Waals surface area contributed by atoms with Crippen molar-refractivity contribution < 1.29 is 4.74 Å². The van der Waals surface area contributed by atoms with Gasteiger partial charge in [0.25, 0.3) is 0 Å². The number of nitrogens with zero attached hydrogens (tertiary/aromatic N) is 1. The Labute approximate surface area is 123 Å². The Bertz CT molecular complexity index is 402. The van der Waals surface area contributed by atoms with Gasteiger partial charge in [-0.1, -0.05) is 38.1 Å². The number of hydrogen-bond acceptors (Lipinski definition) is 3. The molecule has 20 heavy (non-hydrogen) atoms. The molecule has 3 nitrogen and oxygen atoms in total. The van der Waals surface area contributed by atoms with Crippen LogP contribution in [0.5, 0.6) is 0 Å². The van der Waals surface area contributed by atoms with Crippen molar-refractivity contribution in [3.8, 4) is 0 Å². The molecule has 1 aromatic rings. The second-order valence-electron chi connectivity index (χ2n) is 6.10. The molecule has 2 atom stereocenters. The minimum atomic E-state index is 0.351. The number of nitrogens with one attached hydrogen (secondary N) is 1. The lowest BCUT2D eigenvalue weighted by atomic mass is 9.99. The Hall–Kier alpha value is -0.900. The van der Waals surface area contributed by atoms with Gasteiger partial charge in [0, 0.05) is 25.7 Å². The molecular formula is C17H28N2O. The van der Waals surface area contributed by atoms with Gasteiger partial charge in [0.15, 0.2) is 0 Å². The fraction of sp³-hybridized carbons (Fsp3) is 0.647. The molecule has 0 aromatic heterocycles. The second-order valence-corrected chi connectivity index (χ2v) is 6.10. The number of hydrogen-bond donors (Lipinski definition) is 1. The summed E-state index contributed by atoms with van der Waals surface area (Å²) in [7, 11) is 2.05. The Morgan fingerprint density at radius 2 is 1.90 bits per heavy atom. The first kappa shape index (κ1) is 15.5. The lowest BCUT2D eigenvalue weighted by molar-refractivity contribution is -0.0208. The molecule has 0 bridgehead atoms. The smallest absolute Gasteiger partial charge is 0.0674 e. The van der Waals surface area contributed by atoms with Crippen LogP contribution >= 0.6 is 0 Å². The molecule has 2 rings (SSSR count). The van der Waals surface area contributed by atoms with Crippen LogP contribution in [-0.2, 0) is 4.74 Å². The lowest BCUT2D eigenvalue weighted by Gasteiger charge is -2.33. The van der Waals surface area contributed by atoms with Crippen LogP contribution in [0.1, 0.15) is 43.9 Å². The summed E-state index contributed by atoms with van der Waals surface area (Å²) in [5.41, 5.74) is 2.78. The van der Waals surface area contributed by atoms with E-state index in [-0.39, 0.29) is 0 Å². The minimum Gasteiger partial charge on any atom is -0.376 e. The van der Waals surface area contributed by atoms with Crippen LogP contribution in [0.25, 0.3) is 0 Å². The maximum Gasteiger partial charge on any atom is 0.0674 e. The van der Waals surface area contributed by atoms with Gasteiger partial charge in [-0.15, -0.1) is 0 Å². The Kier molecular flexibility index (Phi) is 5.58. The zero-order valence-corrected chi connectivity index (χ0v) is 13.2. The molecular weight excluding hydrogens is 248 g/mol. The summed E-state index contributed by atoms with van der Waals surface area (Å²) >= 11 is 0. The summed E-state index contributed by atoms with van der Waals surface area (Å²) in [6.45, 7) is 10.6. The highest BCUT2D eigenvalue weighted by Crippen LogP contribution is 2.20. The third kappa shape index (κ3) is 4.05. The van der Waals surface area contributed by atoms with Crippen LogP contribution in [0.2, 0.25) is 0 Å². The molecule has 0 aliphatic carbocycles. The van der Waals surface area contributed by atoms with Crippen LogP contribution in [0.4, 0.5) is 0 Å². The normalized spacial score (nSPS) is 22.1. The predicted molar refractivity (Wildman–Crippen MR) is 84.2 cm³/mol. The van der Waals surface area contributed by atoms with Gasteiger partial charge in [-0.25, -0.2) is 0 Å². The largest absolute Gasteiger partial charge is 0.376 e. The average Bonchev–Trinajstić information content (AvgIpc) is 2.45. The van der Waals surface area contributed by atoms with Gasteiger partial charge in [0.1, 0.15) is 0 Å². The van der Waals surface area contributed by atoms with Gasteiger partial charge in [0.05, 0.1) is 12.7 Å². The van der Waals surface area contributed by atoms with Crippen molar-refractivity contribution in [2.75, 3.05) is 33.3 Å². The monoisotopic (exact) mass is 276 g/mol. The molecule has 0 radical (unpaired) electrons.